The molecular formula is C66H49N3. The van der Waals surface area contributed by atoms with Crippen molar-refractivity contribution in [3.05, 3.63) is 264 Å². The quantitative estimate of drug-likeness (QED) is 0.162. The van der Waals surface area contributed by atoms with Gasteiger partial charge in [0.25, 0.3) is 0 Å². The number of benzene rings is 7. The molecule has 69 heavy (non-hydrogen) atoms. The van der Waals surface area contributed by atoms with Gasteiger partial charge in [0.15, 0.2) is 0 Å². The molecule has 7 aromatic carbocycles. The van der Waals surface area contributed by atoms with E-state index < -0.39 is 0 Å². The monoisotopic (exact) mass is 883 g/mol. The highest BCUT2D eigenvalue weighted by molar-refractivity contribution is 6.23. The molecule has 0 amide bonds. The lowest BCUT2D eigenvalue weighted by atomic mass is 9.62. The molecule has 0 saturated carbocycles. The van der Waals surface area contributed by atoms with Crippen LogP contribution in [0.15, 0.2) is 247 Å². The van der Waals surface area contributed by atoms with Gasteiger partial charge in [0.05, 0.1) is 27.6 Å². The number of fused-ring (bicyclic) bond motifs is 15. The predicted molar refractivity (Wildman–Crippen MR) is 289 cm³/mol. The van der Waals surface area contributed by atoms with Crippen molar-refractivity contribution in [3.63, 3.8) is 0 Å². The summed E-state index contributed by atoms with van der Waals surface area (Å²) in [6.07, 6.45) is 30.6. The van der Waals surface area contributed by atoms with Gasteiger partial charge in [0, 0.05) is 66.9 Å². The van der Waals surface area contributed by atoms with Gasteiger partial charge in [-0.1, -0.05) is 152 Å². The molecule has 0 aliphatic heterocycles. The van der Waals surface area contributed by atoms with E-state index in [4.69, 9.17) is 0 Å². The van der Waals surface area contributed by atoms with Crippen molar-refractivity contribution in [2.24, 2.45) is 11.8 Å². The second-order valence-corrected chi connectivity index (χ2v) is 19.8. The zero-order valence-electron chi connectivity index (χ0n) is 38.3. The van der Waals surface area contributed by atoms with Gasteiger partial charge in [0.2, 0.25) is 0 Å². The van der Waals surface area contributed by atoms with Crippen LogP contribution in [0.1, 0.15) is 54.2 Å². The van der Waals surface area contributed by atoms with E-state index in [2.05, 4.69) is 238 Å². The molecule has 328 valence electrons. The molecule has 3 nitrogen and oxygen atoms in total. The van der Waals surface area contributed by atoms with E-state index in [0.29, 0.717) is 17.8 Å². The number of hydrogen-bond donors (Lipinski definition) is 0. The van der Waals surface area contributed by atoms with Crippen LogP contribution in [0.4, 0.5) is 5.69 Å². The van der Waals surface area contributed by atoms with Crippen molar-refractivity contribution >= 4 is 71.2 Å². The molecule has 3 aromatic heterocycles. The zero-order valence-corrected chi connectivity index (χ0v) is 38.3. The fraction of sp³-hybridized carbons (Fsp3) is 0.121. The zero-order chi connectivity index (χ0) is 45.2. The summed E-state index contributed by atoms with van der Waals surface area (Å²) < 4.78 is 4.90. The lowest BCUT2D eigenvalue weighted by molar-refractivity contribution is 0.425. The van der Waals surface area contributed by atoms with Crippen LogP contribution in [0.5, 0.6) is 0 Å². The molecule has 3 heterocycles. The largest absolute Gasteiger partial charge is 0.315 e. The maximum atomic E-state index is 2.57. The molecule has 0 saturated heterocycles. The first-order chi connectivity index (χ1) is 34.2. The Labute approximate surface area is 401 Å². The second kappa shape index (κ2) is 15.2. The van der Waals surface area contributed by atoms with Crippen LogP contribution < -0.4 is 4.90 Å². The second-order valence-electron chi connectivity index (χ2n) is 19.8. The minimum Gasteiger partial charge on any atom is -0.315 e. The van der Waals surface area contributed by atoms with E-state index in [-0.39, 0.29) is 5.92 Å². The van der Waals surface area contributed by atoms with Gasteiger partial charge in [-0.15, -0.1) is 0 Å². The predicted octanol–water partition coefficient (Wildman–Crippen LogP) is 16.8. The molecular weight excluding hydrogens is 835 g/mol. The summed E-state index contributed by atoms with van der Waals surface area (Å²) in [5.74, 6) is 1.67. The molecule has 5 aliphatic carbocycles. The molecule has 3 heteroatoms. The van der Waals surface area contributed by atoms with Crippen molar-refractivity contribution in [1.29, 1.82) is 0 Å². The van der Waals surface area contributed by atoms with Gasteiger partial charge in [0.1, 0.15) is 0 Å². The third-order valence-corrected chi connectivity index (χ3v) is 16.3. The SMILES string of the molecule is C1=CC2c3ccccc3C3=CC=C(C4=CC=C(N(C5=CCC(c6cc7c8ccccc8n8c9ccccc9c(c6)c78)C=C5)c5ccc6c(c5)c5ccccc5n6-c5ccccc5)CC4)CC3C2C=C1. The number of anilines is 1. The molecule has 0 radical (unpaired) electrons. The van der Waals surface area contributed by atoms with Gasteiger partial charge < -0.3 is 13.9 Å². The average molecular weight is 884 g/mol. The van der Waals surface area contributed by atoms with Crippen molar-refractivity contribution in [3.8, 4) is 5.69 Å². The molecule has 0 spiro atoms. The van der Waals surface area contributed by atoms with Crippen LogP contribution in [0.3, 0.4) is 0 Å². The molecule has 0 fully saturated rings. The maximum absolute atomic E-state index is 2.57. The smallest absolute Gasteiger partial charge is 0.0620 e. The van der Waals surface area contributed by atoms with Crippen LogP contribution in [0.25, 0.3) is 71.2 Å². The van der Waals surface area contributed by atoms with E-state index in [0.717, 1.165) is 25.7 Å². The highest BCUT2D eigenvalue weighted by Gasteiger charge is 2.39. The van der Waals surface area contributed by atoms with Crippen molar-refractivity contribution < 1.29 is 0 Å². The summed E-state index contributed by atoms with van der Waals surface area (Å²) in [6, 6.07) is 58.7. The minimum atomic E-state index is 0.265. The van der Waals surface area contributed by atoms with Gasteiger partial charge in [-0.2, -0.15) is 0 Å². The maximum Gasteiger partial charge on any atom is 0.0620 e. The minimum absolute atomic E-state index is 0.265. The first-order valence-electron chi connectivity index (χ1n) is 24.9. The van der Waals surface area contributed by atoms with Crippen LogP contribution in [-0.2, 0) is 0 Å². The highest BCUT2D eigenvalue weighted by Crippen LogP contribution is 2.53. The van der Waals surface area contributed by atoms with Crippen molar-refractivity contribution in [2.75, 3.05) is 4.90 Å². The number of aromatic nitrogens is 2. The van der Waals surface area contributed by atoms with Crippen LogP contribution in [-0.4, -0.2) is 8.97 Å². The van der Waals surface area contributed by atoms with Gasteiger partial charge in [-0.3, -0.25) is 0 Å². The molecule has 10 aromatic rings. The van der Waals surface area contributed by atoms with Gasteiger partial charge >= 0.3 is 0 Å². The van der Waals surface area contributed by atoms with Crippen LogP contribution in [0.2, 0.25) is 0 Å². The first kappa shape index (κ1) is 38.9. The summed E-state index contributed by atoms with van der Waals surface area (Å²) in [7, 11) is 0. The third-order valence-electron chi connectivity index (χ3n) is 16.3. The van der Waals surface area contributed by atoms with Crippen LogP contribution >= 0.6 is 0 Å². The van der Waals surface area contributed by atoms with Crippen molar-refractivity contribution in [2.45, 2.75) is 37.5 Å². The number of nitrogens with zero attached hydrogens (tertiary/aromatic N) is 3. The van der Waals surface area contributed by atoms with E-state index in [1.54, 1.807) is 0 Å². The third kappa shape index (κ3) is 5.86. The summed E-state index contributed by atoms with van der Waals surface area (Å²) in [4.78, 5) is 2.57. The molecule has 5 aliphatic rings. The Kier molecular flexibility index (Phi) is 8.56. The Morgan fingerprint density at radius 1 is 0.522 bits per heavy atom. The summed E-state index contributed by atoms with van der Waals surface area (Å²) >= 11 is 0. The molecule has 0 N–H and O–H groups in total. The molecule has 0 bridgehead atoms. The Balaban J connectivity index is 0.827. The Morgan fingerprint density at radius 3 is 1.96 bits per heavy atom. The number of allylic oxidation sites excluding steroid dienone is 15. The summed E-state index contributed by atoms with van der Waals surface area (Å²) in [6.45, 7) is 0. The summed E-state index contributed by atoms with van der Waals surface area (Å²) in [5.41, 5.74) is 20.0. The van der Waals surface area contributed by atoms with E-state index in [1.807, 2.05) is 0 Å². The Bertz CT molecular complexity index is 3960. The molecule has 4 unspecified atom stereocenters. The first-order valence-corrected chi connectivity index (χ1v) is 24.9. The Morgan fingerprint density at radius 2 is 1.20 bits per heavy atom. The van der Waals surface area contributed by atoms with E-state index >= 15 is 0 Å². The topological polar surface area (TPSA) is 12.6 Å². The molecule has 15 rings (SSSR count). The Hall–Kier alpha value is -8.14. The number of rotatable bonds is 6. The fourth-order valence-corrected chi connectivity index (χ4v) is 13.2. The standard InChI is InChI=1S/C66H49N3/c1-2-14-46(15-3-1)68-62-23-11-8-20-55(62)59-41-49(35-37-65(59)68)67(47-31-26-42(27-32-47)44-30-36-54-52-18-5-4-16-50(52)51-17-6-7-19-53(51)58(54)38-44)48-33-28-43(29-34-48)45-39-60-56-21-9-12-24-63(56)69-64-25-13-10-22-57(64)61(40-45)66(60)69/h1-26,28,30-31,33-37,39-41,43,51,53,58H,27,29,32,38H2. The van der Waals surface area contributed by atoms with Gasteiger partial charge in [-0.05, 0) is 144 Å². The fourth-order valence-electron chi connectivity index (χ4n) is 13.2. The van der Waals surface area contributed by atoms with E-state index in [1.165, 1.54) is 116 Å². The van der Waals surface area contributed by atoms with Crippen LogP contribution in [0, 0.1) is 11.8 Å². The van der Waals surface area contributed by atoms with E-state index in [9.17, 15) is 0 Å². The highest BCUT2D eigenvalue weighted by atomic mass is 15.2. The lowest BCUT2D eigenvalue weighted by Crippen LogP contribution is -2.29. The number of para-hydroxylation sites is 4. The average Bonchev–Trinajstić information content (AvgIpc) is 4.06. The normalized spacial score (nSPS) is 20.8. The van der Waals surface area contributed by atoms with Gasteiger partial charge in [-0.25, -0.2) is 0 Å². The lowest BCUT2D eigenvalue weighted by Gasteiger charge is -2.42. The molecule has 4 atom stereocenters. The summed E-state index contributed by atoms with van der Waals surface area (Å²) in [5, 5.41) is 7.87. The number of hydrogen-bond acceptors (Lipinski definition) is 1. The van der Waals surface area contributed by atoms with Crippen molar-refractivity contribution in [1.82, 2.24) is 8.97 Å².